The molecule has 2 unspecified atom stereocenters. The van der Waals surface area contributed by atoms with Crippen molar-refractivity contribution in [3.8, 4) is 0 Å². The fourth-order valence-electron chi connectivity index (χ4n) is 2.37. The van der Waals surface area contributed by atoms with Crippen LogP contribution in [0, 0.1) is 11.8 Å². The van der Waals surface area contributed by atoms with Crippen LogP contribution in [0.1, 0.15) is 18.4 Å². The minimum absolute atomic E-state index is 0.106. The van der Waals surface area contributed by atoms with Crippen LogP contribution in [-0.2, 0) is 9.59 Å². The van der Waals surface area contributed by atoms with Crippen LogP contribution in [0.25, 0.3) is 0 Å². The maximum absolute atomic E-state index is 13.0. The minimum atomic E-state index is -4.54. The van der Waals surface area contributed by atoms with Gasteiger partial charge >= 0.3 is 6.18 Å². The second-order valence-corrected chi connectivity index (χ2v) is 5.12. The highest BCUT2D eigenvalue weighted by Gasteiger charge is 2.52. The zero-order chi connectivity index (χ0) is 14.9. The van der Waals surface area contributed by atoms with Crippen molar-refractivity contribution in [2.75, 3.05) is 0 Å². The van der Waals surface area contributed by atoms with Crippen LogP contribution < -0.4 is 0 Å². The smallest absolute Gasteiger partial charge is 0.291 e. The summed E-state index contributed by atoms with van der Waals surface area (Å²) < 4.78 is 39.1. The lowest BCUT2D eigenvalue weighted by atomic mass is 9.74. The number of hydrogen-bond acceptors (Lipinski definition) is 3. The van der Waals surface area contributed by atoms with Crippen molar-refractivity contribution in [3.05, 3.63) is 35.9 Å². The van der Waals surface area contributed by atoms with E-state index >= 15 is 0 Å². The Kier molecular flexibility index (Phi) is 4.04. The van der Waals surface area contributed by atoms with Crippen LogP contribution in [-0.4, -0.2) is 22.6 Å². The number of Topliss-reactive ketones (excluding diaryl/α,β-unsaturated/α-hetero) is 2. The van der Waals surface area contributed by atoms with Gasteiger partial charge in [0.05, 0.1) is 11.8 Å². The van der Waals surface area contributed by atoms with Crippen molar-refractivity contribution >= 4 is 28.6 Å². The number of thiocarbonyl (C=S) groups is 1. The molecule has 0 spiro atoms. The number of carbonyl (C=O) groups is 2. The van der Waals surface area contributed by atoms with E-state index in [9.17, 15) is 22.8 Å². The molecule has 0 amide bonds. The quantitative estimate of drug-likeness (QED) is 0.478. The topological polar surface area (TPSA) is 34.1 Å². The van der Waals surface area contributed by atoms with Gasteiger partial charge in [0.25, 0.3) is 0 Å². The van der Waals surface area contributed by atoms with E-state index in [1.54, 1.807) is 30.3 Å². The molecule has 2 nitrogen and oxygen atoms in total. The number of rotatable bonds is 2. The lowest BCUT2D eigenvalue weighted by molar-refractivity contribution is -0.190. The summed E-state index contributed by atoms with van der Waals surface area (Å²) in [5.41, 5.74) is 0.379. The van der Waals surface area contributed by atoms with Crippen molar-refractivity contribution in [2.45, 2.75) is 19.0 Å². The molecular formula is C14H11F3O2S. The van der Waals surface area contributed by atoms with Gasteiger partial charge in [0, 0.05) is 11.3 Å². The molecule has 0 aliphatic heterocycles. The molecule has 2 rings (SSSR count). The highest BCUT2D eigenvalue weighted by Crippen LogP contribution is 2.40. The van der Waals surface area contributed by atoms with E-state index in [4.69, 9.17) is 12.2 Å². The molecule has 1 aromatic rings. The van der Waals surface area contributed by atoms with Crippen LogP contribution in [0.3, 0.4) is 0 Å². The number of hydrogen-bond donors (Lipinski definition) is 0. The molecule has 106 valence electrons. The Morgan fingerprint density at radius 1 is 1.15 bits per heavy atom. The largest absolute Gasteiger partial charge is 0.392 e. The first kappa shape index (κ1) is 14.8. The first-order valence-electron chi connectivity index (χ1n) is 6.05. The monoisotopic (exact) mass is 300 g/mol. The molecule has 1 fully saturated rings. The third-order valence-corrected chi connectivity index (χ3v) is 3.89. The highest BCUT2D eigenvalue weighted by atomic mass is 32.1. The maximum Gasteiger partial charge on any atom is 0.392 e. The van der Waals surface area contributed by atoms with Crippen LogP contribution in [0.4, 0.5) is 13.2 Å². The lowest BCUT2D eigenvalue weighted by Crippen LogP contribution is -2.46. The fraction of sp³-hybridized carbons (Fsp3) is 0.357. The zero-order valence-electron chi connectivity index (χ0n) is 10.3. The molecule has 0 bridgehead atoms. The predicted molar refractivity (Wildman–Crippen MR) is 70.4 cm³/mol. The van der Waals surface area contributed by atoms with Gasteiger partial charge in [-0.05, 0) is 12.0 Å². The molecule has 0 saturated heterocycles. The summed E-state index contributed by atoms with van der Waals surface area (Å²) in [7, 11) is 0. The van der Waals surface area contributed by atoms with Crippen LogP contribution >= 0.6 is 12.2 Å². The van der Waals surface area contributed by atoms with Gasteiger partial charge in [-0.15, -0.1) is 0 Å². The number of benzene rings is 1. The van der Waals surface area contributed by atoms with Gasteiger partial charge in [0.15, 0.2) is 5.78 Å². The third-order valence-electron chi connectivity index (χ3n) is 3.40. The molecular weight excluding hydrogens is 289 g/mol. The average Bonchev–Trinajstić information content (AvgIpc) is 2.40. The standard InChI is InChI=1S/C14H11F3O2S/c15-14(16,17)9-6-7-10(18)12(19)11(9)13(20)8-4-2-1-3-5-8/h1-5,9,11H,6-7H2. The first-order chi connectivity index (χ1) is 9.32. The normalized spacial score (nSPS) is 23.8. The summed E-state index contributed by atoms with van der Waals surface area (Å²) in [6, 6.07) is 8.03. The summed E-state index contributed by atoms with van der Waals surface area (Å²) in [5.74, 6) is -5.24. The van der Waals surface area contributed by atoms with Gasteiger partial charge in [0.2, 0.25) is 5.78 Å². The Balaban J connectivity index is 2.40. The van der Waals surface area contributed by atoms with Crippen LogP contribution in [0.5, 0.6) is 0 Å². The number of alkyl halides is 3. The van der Waals surface area contributed by atoms with E-state index in [1.165, 1.54) is 0 Å². The summed E-state index contributed by atoms with van der Waals surface area (Å²) in [6.07, 6.45) is -5.29. The van der Waals surface area contributed by atoms with E-state index in [1.807, 2.05) is 0 Å². The molecule has 1 aliphatic rings. The van der Waals surface area contributed by atoms with Crippen LogP contribution in [0.2, 0.25) is 0 Å². The van der Waals surface area contributed by atoms with E-state index in [0.717, 1.165) is 0 Å². The second kappa shape index (κ2) is 5.44. The Bertz CT molecular complexity index is 551. The number of ketones is 2. The molecule has 0 N–H and O–H groups in total. The van der Waals surface area contributed by atoms with Gasteiger partial charge < -0.3 is 0 Å². The summed E-state index contributed by atoms with van der Waals surface area (Å²) >= 11 is 5.04. The Hall–Kier alpha value is -1.56. The maximum atomic E-state index is 13.0. The SMILES string of the molecule is O=C1CCC(C(F)(F)F)C(C(=S)c2ccccc2)C1=O. The Morgan fingerprint density at radius 3 is 2.30 bits per heavy atom. The van der Waals surface area contributed by atoms with Gasteiger partial charge in [0.1, 0.15) is 0 Å². The van der Waals surface area contributed by atoms with Gasteiger partial charge in [-0.1, -0.05) is 42.5 Å². The van der Waals surface area contributed by atoms with E-state index in [-0.39, 0.29) is 17.7 Å². The summed E-state index contributed by atoms with van der Waals surface area (Å²) in [6.45, 7) is 0. The first-order valence-corrected chi connectivity index (χ1v) is 6.46. The van der Waals surface area contributed by atoms with Crippen molar-refractivity contribution in [2.24, 2.45) is 11.8 Å². The van der Waals surface area contributed by atoms with E-state index in [2.05, 4.69) is 0 Å². The van der Waals surface area contributed by atoms with Crippen molar-refractivity contribution in [3.63, 3.8) is 0 Å². The predicted octanol–water partition coefficient (Wildman–Crippen LogP) is 3.13. The molecule has 1 aliphatic carbocycles. The van der Waals surface area contributed by atoms with E-state index < -0.39 is 29.6 Å². The molecule has 1 aromatic carbocycles. The van der Waals surface area contributed by atoms with Crippen LogP contribution in [0.15, 0.2) is 30.3 Å². The Labute approximate surface area is 119 Å². The second-order valence-electron chi connectivity index (χ2n) is 4.68. The van der Waals surface area contributed by atoms with Crippen molar-refractivity contribution in [1.82, 2.24) is 0 Å². The molecule has 2 atom stereocenters. The molecule has 20 heavy (non-hydrogen) atoms. The number of carbonyl (C=O) groups excluding carboxylic acids is 2. The minimum Gasteiger partial charge on any atom is -0.291 e. The molecule has 1 saturated carbocycles. The van der Waals surface area contributed by atoms with E-state index in [0.29, 0.717) is 5.56 Å². The average molecular weight is 300 g/mol. The molecule has 0 aromatic heterocycles. The molecule has 0 heterocycles. The van der Waals surface area contributed by atoms with Crippen molar-refractivity contribution in [1.29, 1.82) is 0 Å². The third kappa shape index (κ3) is 2.80. The molecule has 0 radical (unpaired) electrons. The zero-order valence-corrected chi connectivity index (χ0v) is 11.1. The van der Waals surface area contributed by atoms with Crippen molar-refractivity contribution < 1.29 is 22.8 Å². The fourth-order valence-corrected chi connectivity index (χ4v) is 2.78. The highest BCUT2D eigenvalue weighted by molar-refractivity contribution is 7.81. The Morgan fingerprint density at radius 2 is 1.75 bits per heavy atom. The van der Waals surface area contributed by atoms with Gasteiger partial charge in [-0.25, -0.2) is 0 Å². The summed E-state index contributed by atoms with van der Waals surface area (Å²) in [4.78, 5) is 23.2. The summed E-state index contributed by atoms with van der Waals surface area (Å²) in [5, 5.41) is 0. The van der Waals surface area contributed by atoms with Gasteiger partial charge in [-0.2, -0.15) is 13.2 Å². The number of halogens is 3. The van der Waals surface area contributed by atoms with Gasteiger partial charge in [-0.3, -0.25) is 9.59 Å². The molecule has 6 heteroatoms. The lowest BCUT2D eigenvalue weighted by Gasteiger charge is -2.31.